The number of hydrogen-bond donors (Lipinski definition) is 0. The number of rotatable bonds is 4. The van der Waals surface area contributed by atoms with E-state index < -0.39 is 43.6 Å². The van der Waals surface area contributed by atoms with Crippen LogP contribution < -0.4 is 4.57 Å². The van der Waals surface area contributed by atoms with Crippen LogP contribution >= 0.6 is 0 Å². The molecule has 0 spiro atoms. The lowest BCUT2D eigenvalue weighted by Gasteiger charge is -2.19. The van der Waals surface area contributed by atoms with Gasteiger partial charge in [-0.15, -0.1) is 0 Å². The number of fused-ring (bicyclic) bond motifs is 3. The van der Waals surface area contributed by atoms with E-state index in [1.165, 1.54) is 24.4 Å². The van der Waals surface area contributed by atoms with Gasteiger partial charge in [0, 0.05) is 38.9 Å². The number of hydrogen-bond acceptors (Lipinski definition) is 1. The Labute approximate surface area is 256 Å². The molecule has 0 fully saturated rings. The van der Waals surface area contributed by atoms with Crippen molar-refractivity contribution in [3.63, 3.8) is 0 Å². The van der Waals surface area contributed by atoms with Gasteiger partial charge < -0.3 is 4.42 Å². The second-order valence-corrected chi connectivity index (χ2v) is 11.2. The summed E-state index contributed by atoms with van der Waals surface area (Å²) in [7, 11) is 1.68. The largest absolute Gasteiger partial charge is 0.454 e. The summed E-state index contributed by atoms with van der Waals surface area (Å²) >= 11 is 0. The molecule has 40 heavy (non-hydrogen) atoms. The lowest BCUT2D eigenvalue weighted by atomic mass is 9.86. The molecule has 0 saturated heterocycles. The van der Waals surface area contributed by atoms with E-state index in [9.17, 15) is 0 Å². The second kappa shape index (κ2) is 9.78. The van der Waals surface area contributed by atoms with E-state index in [4.69, 9.17) is 22.2 Å². The van der Waals surface area contributed by atoms with Crippen molar-refractivity contribution in [2.24, 2.45) is 12.5 Å². The Kier molecular flexibility index (Phi) is 3.67. The lowest BCUT2D eigenvalue weighted by Crippen LogP contribution is -2.31. The average Bonchev–Trinajstić information content (AvgIpc) is 3.44. The van der Waals surface area contributed by atoms with Gasteiger partial charge in [0.25, 0.3) is 0 Å². The van der Waals surface area contributed by atoms with Gasteiger partial charge in [-0.25, -0.2) is 4.57 Å². The predicted octanol–water partition coefficient (Wildman–Crippen LogP) is 9.93. The van der Waals surface area contributed by atoms with E-state index in [2.05, 4.69) is 0 Å². The Balaban J connectivity index is 1.68. The number of para-hydroxylation sites is 1. The van der Waals surface area contributed by atoms with Crippen LogP contribution in [0, 0.1) is 26.0 Å². The van der Waals surface area contributed by atoms with E-state index in [0.29, 0.717) is 38.8 Å². The molecule has 200 valence electrons. The highest BCUT2D eigenvalue weighted by Crippen LogP contribution is 2.41. The zero-order valence-electron chi connectivity index (χ0n) is 36.1. The van der Waals surface area contributed by atoms with E-state index in [1.807, 2.05) is 25.1 Å². The lowest BCUT2D eigenvalue weighted by molar-refractivity contribution is -0.660. The summed E-state index contributed by atoms with van der Waals surface area (Å²) in [4.78, 5) is 0. The van der Waals surface area contributed by atoms with Crippen molar-refractivity contribution in [2.75, 3.05) is 0 Å². The SMILES string of the molecule is [2H]c1c([2H])c([2H])c(-c2cccc3c2oc2c(-c4cc(-c5ccc(C([2H])([2H])C(C)(C)C)cc5C([2H])([2H])[2H])c(C([2H])([2H])[2H])c[n+]4C)c(C)ccc23)c([2H])c1[2H]. The summed E-state index contributed by atoms with van der Waals surface area (Å²) in [5.41, 5.74) is 2.07. The fourth-order valence-electron chi connectivity index (χ4n) is 5.27. The third kappa shape index (κ3) is 4.62. The van der Waals surface area contributed by atoms with E-state index in [1.54, 1.807) is 50.6 Å². The Bertz CT molecular complexity index is 2440. The summed E-state index contributed by atoms with van der Waals surface area (Å²) in [6.07, 6.45) is -0.461. The van der Waals surface area contributed by atoms with Gasteiger partial charge in [0.2, 0.25) is 5.69 Å². The standard InChI is InChI=1S/C38H38NO/c1-24-16-18-32-31-15-11-14-30(28-12-9-8-10-13-28)36(31)40-37(32)35(24)34-21-33(26(3)23-39(34)7)29-19-17-27(20-25(29)2)22-38(4,5)6/h8-21,23H,22H2,1-7H3/q+1/i2D3,3D3,8D,9D,10D,12D,13D,22D2. The molecule has 0 N–H and O–H groups in total. The molecule has 2 nitrogen and oxygen atoms in total. The first kappa shape index (κ1) is 15.0. The van der Waals surface area contributed by atoms with Crippen molar-refractivity contribution in [1.29, 1.82) is 0 Å². The zero-order valence-corrected chi connectivity index (χ0v) is 23.1. The average molecular weight is 538 g/mol. The highest BCUT2D eigenvalue weighted by Gasteiger charge is 2.24. The Hall–Kier alpha value is -4.17. The molecule has 6 rings (SSSR count). The van der Waals surface area contributed by atoms with Crippen molar-refractivity contribution < 1.29 is 26.8 Å². The molecule has 2 aromatic heterocycles. The fraction of sp³-hybridized carbons (Fsp3) is 0.237. The fourth-order valence-corrected chi connectivity index (χ4v) is 5.27. The molecule has 0 atom stereocenters. The molecule has 0 aliphatic carbocycles. The van der Waals surface area contributed by atoms with Gasteiger partial charge in [-0.05, 0) is 65.8 Å². The Morgan fingerprint density at radius 2 is 1.60 bits per heavy atom. The predicted molar refractivity (Wildman–Crippen MR) is 169 cm³/mol. The monoisotopic (exact) mass is 537 g/mol. The maximum atomic E-state index is 8.81. The first-order valence-corrected chi connectivity index (χ1v) is 13.1. The molecule has 0 bridgehead atoms. The molecule has 0 radical (unpaired) electrons. The van der Waals surface area contributed by atoms with Crippen LogP contribution in [-0.2, 0) is 13.4 Å². The van der Waals surface area contributed by atoms with Crippen LogP contribution in [0.15, 0.2) is 95.4 Å². The molecule has 0 unspecified atom stereocenters. The first-order valence-electron chi connectivity index (χ1n) is 19.6. The van der Waals surface area contributed by atoms with E-state index >= 15 is 0 Å². The summed E-state index contributed by atoms with van der Waals surface area (Å²) in [6, 6.07) is 12.6. The summed E-state index contributed by atoms with van der Waals surface area (Å²) in [5.74, 6) is 0. The van der Waals surface area contributed by atoms with Crippen LogP contribution in [0.2, 0.25) is 0 Å². The van der Waals surface area contributed by atoms with Crippen molar-refractivity contribution >= 4 is 21.9 Å². The molecule has 4 aromatic carbocycles. The molecule has 0 aliphatic heterocycles. The Morgan fingerprint density at radius 3 is 2.35 bits per heavy atom. The molecule has 0 aliphatic rings. The number of aromatic nitrogens is 1. The normalized spacial score (nSPS) is 17.7. The van der Waals surface area contributed by atoms with Crippen molar-refractivity contribution in [3.8, 4) is 33.5 Å². The van der Waals surface area contributed by atoms with Crippen LogP contribution in [-0.4, -0.2) is 0 Å². The van der Waals surface area contributed by atoms with Crippen LogP contribution in [0.4, 0.5) is 0 Å². The maximum Gasteiger partial charge on any atom is 0.216 e. The number of benzene rings is 4. The minimum Gasteiger partial charge on any atom is -0.454 e. The number of aryl methyl sites for hydroxylation is 4. The summed E-state index contributed by atoms with van der Waals surface area (Å²) in [6.45, 7) is 1.64. The molecule has 2 heteroatoms. The van der Waals surface area contributed by atoms with Crippen LogP contribution in [0.3, 0.4) is 0 Å². The topological polar surface area (TPSA) is 17.0 Å². The van der Waals surface area contributed by atoms with Crippen LogP contribution in [0.5, 0.6) is 0 Å². The third-order valence-electron chi connectivity index (χ3n) is 7.00. The number of furan rings is 1. The summed E-state index contributed by atoms with van der Waals surface area (Å²) < 4.78 is 118. The highest BCUT2D eigenvalue weighted by molar-refractivity contribution is 6.13. The molecule has 2 heterocycles. The molecule has 0 amide bonds. The zero-order chi connectivity index (χ0) is 39.3. The second-order valence-electron chi connectivity index (χ2n) is 11.2. The van der Waals surface area contributed by atoms with Gasteiger partial charge in [-0.1, -0.05) is 99.5 Å². The minimum absolute atomic E-state index is 0.00900. The molecular weight excluding hydrogens is 486 g/mol. The Morgan fingerprint density at radius 1 is 0.825 bits per heavy atom. The van der Waals surface area contributed by atoms with Crippen molar-refractivity contribution in [2.45, 2.75) is 47.8 Å². The van der Waals surface area contributed by atoms with Gasteiger partial charge in [-0.2, -0.15) is 0 Å². The van der Waals surface area contributed by atoms with Gasteiger partial charge in [-0.3, -0.25) is 0 Å². The minimum atomic E-state index is -2.72. The summed E-state index contributed by atoms with van der Waals surface area (Å²) in [5, 5.41) is 1.29. The number of pyridine rings is 1. The smallest absolute Gasteiger partial charge is 0.216 e. The van der Waals surface area contributed by atoms with Crippen molar-refractivity contribution in [1.82, 2.24) is 0 Å². The van der Waals surface area contributed by atoms with Crippen LogP contribution in [0.1, 0.15) is 60.8 Å². The van der Waals surface area contributed by atoms with Gasteiger partial charge in [0.15, 0.2) is 6.20 Å². The van der Waals surface area contributed by atoms with E-state index in [-0.39, 0.29) is 45.5 Å². The first-order chi connectivity index (χ1) is 24.4. The maximum absolute atomic E-state index is 8.81. The van der Waals surface area contributed by atoms with Gasteiger partial charge in [0.05, 0.1) is 12.4 Å². The van der Waals surface area contributed by atoms with Crippen molar-refractivity contribution in [3.05, 3.63) is 113 Å². The quantitative estimate of drug-likeness (QED) is 0.204. The number of nitrogens with zero attached hydrogens (tertiary/aromatic N) is 1. The molecule has 6 aromatic rings. The van der Waals surface area contributed by atoms with E-state index in [0.717, 1.165) is 5.56 Å². The highest BCUT2D eigenvalue weighted by atomic mass is 16.3. The van der Waals surface area contributed by atoms with Gasteiger partial charge in [0.1, 0.15) is 18.2 Å². The molecule has 0 saturated carbocycles. The van der Waals surface area contributed by atoms with Crippen LogP contribution in [0.25, 0.3) is 55.4 Å². The van der Waals surface area contributed by atoms with Gasteiger partial charge >= 0.3 is 0 Å². The third-order valence-corrected chi connectivity index (χ3v) is 7.00. The molecular formula is C38H38NO+.